The van der Waals surface area contributed by atoms with Crippen molar-refractivity contribution in [3.8, 4) is 0 Å². The van der Waals surface area contributed by atoms with Gasteiger partial charge in [-0.3, -0.25) is 5.32 Å². The van der Waals surface area contributed by atoms with Crippen LogP contribution in [0.2, 0.25) is 0 Å². The van der Waals surface area contributed by atoms with E-state index in [1.54, 1.807) is 0 Å². The number of thiazole rings is 1. The van der Waals surface area contributed by atoms with Crippen LogP contribution < -0.4 is 10.6 Å². The van der Waals surface area contributed by atoms with E-state index in [0.29, 0.717) is 18.2 Å². The van der Waals surface area contributed by atoms with Crippen molar-refractivity contribution in [2.24, 2.45) is 0 Å². The SMILES string of the molecule is C[C@@H]1CN(S(=O)(=O)CCNC(=O)Nc2nc3ccccc3s2)C[C@@H](C)O1. The van der Waals surface area contributed by atoms with Crippen molar-refractivity contribution in [3.63, 3.8) is 0 Å². The minimum absolute atomic E-state index is 0.0270. The molecule has 0 saturated carbocycles. The number of rotatable bonds is 5. The fourth-order valence-electron chi connectivity index (χ4n) is 2.85. The summed E-state index contributed by atoms with van der Waals surface area (Å²) < 4.78 is 32.8. The number of carbonyl (C=O) groups excluding carboxylic acids is 1. The molecule has 1 aliphatic heterocycles. The number of nitrogens with one attached hydrogen (secondary N) is 2. The first-order valence-electron chi connectivity index (χ1n) is 8.37. The third-order valence-electron chi connectivity index (χ3n) is 3.94. The normalized spacial score (nSPS) is 21.6. The van der Waals surface area contributed by atoms with Crippen LogP contribution in [0.4, 0.5) is 9.93 Å². The van der Waals surface area contributed by atoms with E-state index in [9.17, 15) is 13.2 Å². The van der Waals surface area contributed by atoms with Crippen LogP contribution in [0.25, 0.3) is 10.2 Å². The molecule has 3 rings (SSSR count). The molecule has 8 nitrogen and oxygen atoms in total. The average Bonchev–Trinajstić information content (AvgIpc) is 2.95. The lowest BCUT2D eigenvalue weighted by atomic mass is 10.3. The minimum Gasteiger partial charge on any atom is -0.373 e. The first kappa shape index (κ1) is 19.0. The number of fused-ring (bicyclic) bond motifs is 1. The van der Waals surface area contributed by atoms with Crippen LogP contribution in [-0.4, -0.2) is 61.3 Å². The smallest absolute Gasteiger partial charge is 0.321 e. The van der Waals surface area contributed by atoms with Crippen molar-refractivity contribution in [1.29, 1.82) is 0 Å². The molecule has 1 aromatic carbocycles. The van der Waals surface area contributed by atoms with Crippen molar-refractivity contribution in [2.75, 3.05) is 30.7 Å². The lowest BCUT2D eigenvalue weighted by Gasteiger charge is -2.34. The number of nitrogens with zero attached hydrogens (tertiary/aromatic N) is 2. The Morgan fingerprint density at radius 1 is 1.31 bits per heavy atom. The third-order valence-corrected chi connectivity index (χ3v) is 6.70. The van der Waals surface area contributed by atoms with Gasteiger partial charge in [0.25, 0.3) is 0 Å². The summed E-state index contributed by atoms with van der Waals surface area (Å²) in [4.78, 5) is 16.3. The largest absolute Gasteiger partial charge is 0.373 e. The Hall–Kier alpha value is -1.75. The molecule has 10 heteroatoms. The first-order chi connectivity index (χ1) is 12.3. The monoisotopic (exact) mass is 398 g/mol. The molecule has 2 heterocycles. The van der Waals surface area contributed by atoms with Crippen molar-refractivity contribution in [2.45, 2.75) is 26.1 Å². The van der Waals surface area contributed by atoms with Gasteiger partial charge in [0.15, 0.2) is 5.13 Å². The van der Waals surface area contributed by atoms with Gasteiger partial charge in [-0.05, 0) is 26.0 Å². The van der Waals surface area contributed by atoms with Gasteiger partial charge in [0.2, 0.25) is 10.0 Å². The molecule has 2 aromatic rings. The summed E-state index contributed by atoms with van der Waals surface area (Å²) in [6.45, 7) is 4.40. The van der Waals surface area contributed by atoms with Crippen LogP contribution in [0.15, 0.2) is 24.3 Å². The molecule has 26 heavy (non-hydrogen) atoms. The van der Waals surface area contributed by atoms with E-state index in [2.05, 4.69) is 15.6 Å². The van der Waals surface area contributed by atoms with Gasteiger partial charge >= 0.3 is 6.03 Å². The quantitative estimate of drug-likeness (QED) is 0.801. The van der Waals surface area contributed by atoms with Gasteiger partial charge in [0.05, 0.1) is 28.2 Å². The number of hydrogen-bond donors (Lipinski definition) is 2. The molecular weight excluding hydrogens is 376 g/mol. The number of ether oxygens (including phenoxy) is 1. The predicted octanol–water partition coefficient (Wildman–Crippen LogP) is 1.86. The molecule has 0 radical (unpaired) electrons. The van der Waals surface area contributed by atoms with E-state index in [-0.39, 0.29) is 24.5 Å². The lowest BCUT2D eigenvalue weighted by Crippen LogP contribution is -2.49. The van der Waals surface area contributed by atoms with Crippen molar-refractivity contribution >= 4 is 42.7 Å². The summed E-state index contributed by atoms with van der Waals surface area (Å²) in [6.07, 6.45) is -0.271. The number of urea groups is 1. The molecule has 1 aliphatic rings. The summed E-state index contributed by atoms with van der Waals surface area (Å²) in [5.74, 6) is -0.153. The summed E-state index contributed by atoms with van der Waals surface area (Å²) >= 11 is 1.36. The Bertz CT molecular complexity index is 840. The molecule has 0 unspecified atom stereocenters. The highest BCUT2D eigenvalue weighted by Crippen LogP contribution is 2.25. The first-order valence-corrected chi connectivity index (χ1v) is 10.8. The highest BCUT2D eigenvalue weighted by molar-refractivity contribution is 7.89. The second-order valence-electron chi connectivity index (χ2n) is 6.26. The molecule has 2 amide bonds. The number of hydrogen-bond acceptors (Lipinski definition) is 6. The van der Waals surface area contributed by atoms with Gasteiger partial charge in [-0.2, -0.15) is 4.31 Å². The number of morpholine rings is 1. The fraction of sp³-hybridized carbons (Fsp3) is 0.500. The molecule has 142 valence electrons. The number of sulfonamides is 1. The van der Waals surface area contributed by atoms with Gasteiger partial charge < -0.3 is 10.1 Å². The molecule has 0 aliphatic carbocycles. The van der Waals surface area contributed by atoms with Gasteiger partial charge in [0, 0.05) is 19.6 Å². The van der Waals surface area contributed by atoms with Crippen LogP contribution in [-0.2, 0) is 14.8 Å². The zero-order valence-electron chi connectivity index (χ0n) is 14.6. The summed E-state index contributed by atoms with van der Waals surface area (Å²) in [5.41, 5.74) is 0.811. The Labute approximate surface area is 156 Å². The molecule has 1 saturated heterocycles. The zero-order chi connectivity index (χ0) is 18.7. The second kappa shape index (κ2) is 7.87. The molecule has 1 aromatic heterocycles. The van der Waals surface area contributed by atoms with Gasteiger partial charge in [0.1, 0.15) is 0 Å². The molecule has 0 spiro atoms. The lowest BCUT2D eigenvalue weighted by molar-refractivity contribution is -0.0440. The van der Waals surface area contributed by atoms with Crippen LogP contribution in [0, 0.1) is 0 Å². The molecule has 1 fully saturated rings. The number of amides is 2. The highest BCUT2D eigenvalue weighted by Gasteiger charge is 2.30. The van der Waals surface area contributed by atoms with E-state index in [4.69, 9.17) is 4.74 Å². The number of carbonyl (C=O) groups is 1. The highest BCUT2D eigenvalue weighted by atomic mass is 32.2. The number of benzene rings is 1. The Morgan fingerprint density at radius 3 is 2.69 bits per heavy atom. The van der Waals surface area contributed by atoms with Crippen molar-refractivity contribution < 1.29 is 17.9 Å². The molecule has 0 bridgehead atoms. The maximum atomic E-state index is 12.4. The van der Waals surface area contributed by atoms with E-state index < -0.39 is 16.1 Å². The Kier molecular flexibility index (Phi) is 5.76. The second-order valence-corrected chi connectivity index (χ2v) is 9.38. The van der Waals surface area contributed by atoms with Crippen LogP contribution in [0.5, 0.6) is 0 Å². The minimum atomic E-state index is -3.44. The summed E-state index contributed by atoms with van der Waals surface area (Å²) in [6, 6.07) is 7.11. The molecular formula is C16H22N4O4S2. The Morgan fingerprint density at radius 2 is 2.00 bits per heavy atom. The molecule has 2 N–H and O–H groups in total. The van der Waals surface area contributed by atoms with Crippen molar-refractivity contribution in [1.82, 2.24) is 14.6 Å². The van der Waals surface area contributed by atoms with Crippen LogP contribution in [0.3, 0.4) is 0 Å². The van der Waals surface area contributed by atoms with E-state index in [1.165, 1.54) is 15.6 Å². The summed E-state index contributed by atoms with van der Waals surface area (Å²) in [7, 11) is -3.44. The maximum absolute atomic E-state index is 12.4. The fourth-order valence-corrected chi connectivity index (χ4v) is 5.20. The van der Waals surface area contributed by atoms with Crippen LogP contribution >= 0.6 is 11.3 Å². The number of para-hydroxylation sites is 1. The standard InChI is InChI=1S/C16H22N4O4S2/c1-11-9-20(10-12(2)24-11)26(22,23)8-7-17-15(21)19-16-18-13-5-3-4-6-14(13)25-16/h3-6,11-12H,7-10H2,1-2H3,(H2,17,18,19,21)/t11-,12-/m1/s1. The molecule has 2 atom stereocenters. The number of anilines is 1. The average molecular weight is 399 g/mol. The van der Waals surface area contributed by atoms with Crippen molar-refractivity contribution in [3.05, 3.63) is 24.3 Å². The van der Waals surface area contributed by atoms with E-state index in [1.807, 2.05) is 38.1 Å². The van der Waals surface area contributed by atoms with Gasteiger partial charge in [-0.15, -0.1) is 0 Å². The van der Waals surface area contributed by atoms with Gasteiger partial charge in [-0.25, -0.2) is 18.2 Å². The van der Waals surface area contributed by atoms with E-state index >= 15 is 0 Å². The van der Waals surface area contributed by atoms with E-state index in [0.717, 1.165) is 10.2 Å². The Balaban J connectivity index is 1.49. The van der Waals surface area contributed by atoms with Gasteiger partial charge in [-0.1, -0.05) is 23.5 Å². The zero-order valence-corrected chi connectivity index (χ0v) is 16.3. The maximum Gasteiger partial charge on any atom is 0.321 e. The predicted molar refractivity (Wildman–Crippen MR) is 102 cm³/mol. The topological polar surface area (TPSA) is 101 Å². The third kappa shape index (κ3) is 4.70. The summed E-state index contributed by atoms with van der Waals surface area (Å²) in [5, 5.41) is 5.69. The number of aromatic nitrogens is 1. The van der Waals surface area contributed by atoms with Crippen LogP contribution in [0.1, 0.15) is 13.8 Å².